The topological polar surface area (TPSA) is 24.6 Å². The van der Waals surface area contributed by atoms with Gasteiger partial charge in [-0.25, -0.2) is 0 Å². The molecule has 0 bridgehead atoms. The van der Waals surface area contributed by atoms with Crippen molar-refractivity contribution in [1.82, 2.24) is 4.57 Å². The van der Waals surface area contributed by atoms with Crippen LogP contribution in [0.1, 0.15) is 130 Å². The van der Waals surface area contributed by atoms with E-state index in [2.05, 4.69) is 293 Å². The van der Waals surface area contributed by atoms with Crippen LogP contribution in [0.25, 0.3) is 91.9 Å². The number of anilines is 5. The first-order chi connectivity index (χ1) is 40.4. The maximum Gasteiger partial charge on any atom is 0.333 e. The van der Waals surface area contributed by atoms with Crippen LogP contribution in [0.2, 0.25) is 0 Å². The Balaban J connectivity index is 1.04. The lowest BCUT2D eigenvalue weighted by atomic mass is 9.43. The van der Waals surface area contributed by atoms with E-state index in [0.717, 1.165) is 39.0 Å². The van der Waals surface area contributed by atoms with Crippen molar-refractivity contribution in [2.75, 3.05) is 9.71 Å². The van der Waals surface area contributed by atoms with Gasteiger partial charge in [-0.1, -0.05) is 182 Å². The highest BCUT2D eigenvalue weighted by Gasteiger charge is 2.50. The zero-order chi connectivity index (χ0) is 58.8. The summed E-state index contributed by atoms with van der Waals surface area (Å²) in [4.78, 5) is 5.18. The Bertz CT molecular complexity index is 4940. The van der Waals surface area contributed by atoms with Crippen molar-refractivity contribution in [3.05, 3.63) is 215 Å². The van der Waals surface area contributed by atoms with Gasteiger partial charge in [0.25, 0.3) is 0 Å². The molecule has 0 spiro atoms. The second kappa shape index (κ2) is 17.4. The Morgan fingerprint density at radius 1 is 0.459 bits per heavy atom. The lowest BCUT2D eigenvalue weighted by molar-refractivity contribution is 0.590. The highest BCUT2D eigenvalue weighted by atomic mass is 32.1. The summed E-state index contributed by atoms with van der Waals surface area (Å²) in [5.41, 5.74) is 27.1. The summed E-state index contributed by atoms with van der Waals surface area (Å²) in [6.45, 7) is 32.6. The molecule has 13 aromatic rings. The highest BCUT2D eigenvalue weighted by Crippen LogP contribution is 2.60. The zero-order valence-corrected chi connectivity index (χ0v) is 52.4. The van der Waals surface area contributed by atoms with Gasteiger partial charge >= 0.3 is 6.85 Å². The van der Waals surface area contributed by atoms with Gasteiger partial charge in [0.2, 0.25) is 0 Å². The maximum absolute atomic E-state index is 6.94. The molecule has 4 nitrogen and oxygen atoms in total. The number of nitrogens with zero attached hydrogens (tertiary/aromatic N) is 3. The average molecular weight is 1120 g/mol. The summed E-state index contributed by atoms with van der Waals surface area (Å²) < 4.78 is 12.2. The highest BCUT2D eigenvalue weighted by molar-refractivity contribution is 7.26. The van der Waals surface area contributed by atoms with E-state index in [1.165, 1.54) is 126 Å². The van der Waals surface area contributed by atoms with E-state index in [0.29, 0.717) is 0 Å². The Hall–Kier alpha value is -8.32. The molecule has 0 fully saturated rings. The first-order valence-corrected chi connectivity index (χ1v) is 31.4. The third-order valence-corrected chi connectivity index (χ3v) is 20.7. The third kappa shape index (κ3) is 7.52. The quantitative estimate of drug-likeness (QED) is 0.164. The molecule has 10 aromatic carbocycles. The lowest BCUT2D eigenvalue weighted by Crippen LogP contribution is -2.60. The lowest BCUT2D eigenvalue weighted by Gasteiger charge is -2.43. The molecular formula is C79H72BN3OS. The minimum atomic E-state index is -0.313. The van der Waals surface area contributed by atoms with Crippen LogP contribution < -0.4 is 20.6 Å². The van der Waals surface area contributed by atoms with Crippen molar-refractivity contribution < 1.29 is 4.42 Å². The number of aromatic nitrogens is 1. The first-order valence-electron chi connectivity index (χ1n) is 30.6. The van der Waals surface area contributed by atoms with Crippen LogP contribution in [-0.2, 0) is 27.1 Å². The molecule has 5 heterocycles. The molecule has 3 aromatic heterocycles. The molecule has 1 aliphatic carbocycles. The van der Waals surface area contributed by atoms with E-state index in [1.807, 2.05) is 11.3 Å². The Morgan fingerprint density at radius 3 is 1.71 bits per heavy atom. The minimum absolute atomic E-state index is 0.0154. The van der Waals surface area contributed by atoms with Crippen LogP contribution in [0.4, 0.5) is 28.4 Å². The summed E-state index contributed by atoms with van der Waals surface area (Å²) >= 11 is 1.91. The number of fused-ring (bicyclic) bond motifs is 19. The van der Waals surface area contributed by atoms with Gasteiger partial charge in [-0.2, -0.15) is 0 Å². The molecular weight excluding hydrogens is 1050 g/mol. The Kier molecular flexibility index (Phi) is 10.7. The SMILES string of the molecule is CC(C)(C)c1ccc(N2B3c4cc5oc6ccccc6c5cc4-n4c5ccc(C(C)(C)C)cc5c5c6c(c(c3c54)-c3cc4c(cc32)sc2ccc(N(c3ccc(C(C)(C)C)cc3)c3ccc(C(C)(C)C)cc3)cc24)-c2ccccc2C6(C)C)cc1. The number of furan rings is 1. The second-order valence-electron chi connectivity index (χ2n) is 29.4. The van der Waals surface area contributed by atoms with Crippen LogP contribution >= 0.6 is 11.3 Å². The minimum Gasteiger partial charge on any atom is -0.456 e. The van der Waals surface area contributed by atoms with Gasteiger partial charge < -0.3 is 18.7 Å². The number of rotatable bonds is 4. The summed E-state index contributed by atoms with van der Waals surface area (Å²) in [6, 6.07) is 70.6. The van der Waals surface area contributed by atoms with Gasteiger partial charge in [-0.15, -0.1) is 11.3 Å². The predicted octanol–water partition coefficient (Wildman–Crippen LogP) is 21.3. The van der Waals surface area contributed by atoms with E-state index in [9.17, 15) is 0 Å². The van der Waals surface area contributed by atoms with E-state index in [4.69, 9.17) is 4.42 Å². The smallest absolute Gasteiger partial charge is 0.333 e. The number of hydrogen-bond donors (Lipinski definition) is 0. The van der Waals surface area contributed by atoms with E-state index in [1.54, 1.807) is 0 Å². The molecule has 0 saturated heterocycles. The van der Waals surface area contributed by atoms with E-state index < -0.39 is 0 Å². The van der Waals surface area contributed by atoms with Gasteiger partial charge in [0.05, 0.1) is 11.0 Å². The Morgan fingerprint density at radius 2 is 1.05 bits per heavy atom. The predicted molar refractivity (Wildman–Crippen MR) is 367 cm³/mol. The fourth-order valence-electron chi connectivity index (χ4n) is 15.0. The van der Waals surface area contributed by atoms with Crippen LogP contribution in [0.15, 0.2) is 186 Å². The summed E-state index contributed by atoms with van der Waals surface area (Å²) in [7, 11) is 0. The van der Waals surface area contributed by atoms with Gasteiger partial charge in [0.1, 0.15) is 11.2 Å². The van der Waals surface area contributed by atoms with Gasteiger partial charge in [-0.3, -0.25) is 0 Å². The molecule has 85 heavy (non-hydrogen) atoms. The molecule has 3 aliphatic rings. The number of hydrogen-bond acceptors (Lipinski definition) is 4. The molecule has 2 aliphatic heterocycles. The fraction of sp³-hybridized carbons (Fsp3) is 0.241. The molecule has 0 amide bonds. The molecule has 418 valence electrons. The van der Waals surface area contributed by atoms with E-state index >= 15 is 0 Å². The van der Waals surface area contributed by atoms with Crippen LogP contribution in [0.5, 0.6) is 0 Å². The number of benzene rings is 10. The van der Waals surface area contributed by atoms with Crippen molar-refractivity contribution in [3.63, 3.8) is 0 Å². The molecule has 0 saturated carbocycles. The summed E-state index contributed by atoms with van der Waals surface area (Å²) in [6.07, 6.45) is 0. The normalized spacial score (nSPS) is 14.5. The fourth-order valence-corrected chi connectivity index (χ4v) is 16.1. The van der Waals surface area contributed by atoms with Crippen molar-refractivity contribution in [2.24, 2.45) is 0 Å². The standard InChI is InChI=1S/C79H72BN3OS/c1-75(2,3)45-23-30-49(31-24-45)81(50-32-25-46(26-33-50)76(4,5)6)52-36-38-67-56(40-52)57-41-59-63(44-68(57)85-67)83(51-34-27-47(28-35-51)77(7,8)9)80-61-43-66-55(53-19-16-18-22-65(53)84-66)42-64(61)82-62-37-29-48(78(10,11)12)39-58(62)71-72-69(70(59)73(80)74(71)82)54-20-15-17-21-60(54)79(72,13)14/h15-44H,1-14H3. The molecule has 6 heteroatoms. The van der Waals surface area contributed by atoms with Crippen molar-refractivity contribution in [2.45, 2.75) is 124 Å². The van der Waals surface area contributed by atoms with Crippen molar-refractivity contribution >= 4 is 121 Å². The van der Waals surface area contributed by atoms with Crippen LogP contribution in [-0.4, -0.2) is 11.4 Å². The molecule has 0 N–H and O–H groups in total. The van der Waals surface area contributed by atoms with E-state index in [-0.39, 0.29) is 33.9 Å². The zero-order valence-electron chi connectivity index (χ0n) is 51.6. The van der Waals surface area contributed by atoms with Crippen LogP contribution in [0, 0.1) is 0 Å². The number of para-hydroxylation sites is 1. The summed E-state index contributed by atoms with van der Waals surface area (Å²) in [5.74, 6) is 0. The first kappa shape index (κ1) is 52.3. The molecule has 16 rings (SSSR count). The average Bonchev–Trinajstić information content (AvgIpc) is 1.55. The third-order valence-electron chi connectivity index (χ3n) is 19.5. The van der Waals surface area contributed by atoms with Gasteiger partial charge in [-0.05, 0) is 180 Å². The summed E-state index contributed by atoms with van der Waals surface area (Å²) in [5, 5.41) is 7.50. The Labute approximate surface area is 504 Å². The van der Waals surface area contributed by atoms with Crippen LogP contribution in [0.3, 0.4) is 0 Å². The molecule has 0 atom stereocenters. The van der Waals surface area contributed by atoms with Gasteiger partial charge in [0.15, 0.2) is 0 Å². The van der Waals surface area contributed by atoms with Crippen molar-refractivity contribution in [3.8, 4) is 27.9 Å². The second-order valence-corrected chi connectivity index (χ2v) is 30.5. The van der Waals surface area contributed by atoms with Crippen molar-refractivity contribution in [1.29, 1.82) is 0 Å². The molecule has 0 radical (unpaired) electrons. The maximum atomic E-state index is 6.94. The monoisotopic (exact) mass is 1120 g/mol. The number of thiophene rings is 1. The largest absolute Gasteiger partial charge is 0.456 e. The van der Waals surface area contributed by atoms with Gasteiger partial charge in [0, 0.05) is 86.8 Å². The molecule has 0 unspecified atom stereocenters.